The quantitative estimate of drug-likeness (QED) is 0.410. The van der Waals surface area contributed by atoms with E-state index in [4.69, 9.17) is 4.74 Å². The summed E-state index contributed by atoms with van der Waals surface area (Å²) in [5.41, 5.74) is 0.664. The molecule has 0 saturated carbocycles. The highest BCUT2D eigenvalue weighted by molar-refractivity contribution is 9.10. The third-order valence-electron chi connectivity index (χ3n) is 5.22. The van der Waals surface area contributed by atoms with Crippen LogP contribution in [-0.4, -0.2) is 47.1 Å². The Balaban J connectivity index is 1.58. The summed E-state index contributed by atoms with van der Waals surface area (Å²) in [5, 5.41) is 10.4. The zero-order valence-electron chi connectivity index (χ0n) is 15.6. The highest BCUT2D eigenvalue weighted by atomic mass is 79.9. The van der Waals surface area contributed by atoms with Crippen molar-refractivity contribution in [1.29, 1.82) is 0 Å². The Kier molecular flexibility index (Phi) is 4.42. The van der Waals surface area contributed by atoms with Crippen LogP contribution in [0.5, 0.6) is 0 Å². The number of amides is 1. The van der Waals surface area contributed by atoms with Gasteiger partial charge in [-0.2, -0.15) is 0 Å². The van der Waals surface area contributed by atoms with Crippen molar-refractivity contribution in [2.75, 3.05) is 0 Å². The number of imidazole rings is 1. The Morgan fingerprint density at radius 3 is 2.82 bits per heavy atom. The summed E-state index contributed by atoms with van der Waals surface area (Å²) in [6.45, 7) is 6.35. The highest BCUT2D eigenvalue weighted by Crippen LogP contribution is 2.53. The number of carbonyl (C=O) groups excluding carboxylic acids is 2. The third-order valence-corrected chi connectivity index (χ3v) is 7.80. The zero-order valence-corrected chi connectivity index (χ0v) is 18.0. The standard InChI is InChI=1S/C18H20BrN3O5S/c1-9(23)27-12-5-17(2,3)8-21-6-10(20-13(12)21)4-18(19)15(26)22-11(14(24)25)7-28-16(18)22/h6-7,12,16H,4-5,8H2,1-3H3,(H,24,25)/t12?,16-,18?/m1/s1. The number of fused-ring (bicyclic) bond motifs is 2. The summed E-state index contributed by atoms with van der Waals surface area (Å²) in [5.74, 6) is -1.05. The Hall–Kier alpha value is -1.81. The summed E-state index contributed by atoms with van der Waals surface area (Å²) in [4.78, 5) is 41.4. The maximum absolute atomic E-state index is 12.7. The zero-order chi connectivity index (χ0) is 20.4. The van der Waals surface area contributed by atoms with Crippen LogP contribution in [0.3, 0.4) is 0 Å². The molecule has 2 unspecified atom stereocenters. The number of carboxylic acids is 1. The lowest BCUT2D eigenvalue weighted by molar-refractivity contribution is -0.150. The van der Waals surface area contributed by atoms with Crippen molar-refractivity contribution >= 4 is 45.5 Å². The van der Waals surface area contributed by atoms with Gasteiger partial charge >= 0.3 is 11.9 Å². The predicted octanol–water partition coefficient (Wildman–Crippen LogP) is 2.43. The minimum Gasteiger partial charge on any atom is -0.477 e. The Morgan fingerprint density at radius 2 is 2.18 bits per heavy atom. The van der Waals surface area contributed by atoms with Gasteiger partial charge in [-0.25, -0.2) is 9.78 Å². The Bertz CT molecular complexity index is 926. The predicted molar refractivity (Wildman–Crippen MR) is 104 cm³/mol. The molecule has 3 aliphatic rings. The molecule has 3 aliphatic heterocycles. The lowest BCUT2D eigenvalue weighted by Gasteiger charge is -2.48. The number of thioether (sulfide) groups is 1. The maximum atomic E-state index is 12.7. The van der Waals surface area contributed by atoms with Crippen LogP contribution in [0.1, 0.15) is 44.8 Å². The van der Waals surface area contributed by atoms with Gasteiger partial charge < -0.3 is 14.4 Å². The molecule has 10 heteroatoms. The van der Waals surface area contributed by atoms with E-state index in [1.807, 2.05) is 10.8 Å². The molecular formula is C18H20BrN3O5S. The summed E-state index contributed by atoms with van der Waals surface area (Å²) >= 11 is 4.87. The lowest BCUT2D eigenvalue weighted by atomic mass is 9.83. The van der Waals surface area contributed by atoms with Crippen molar-refractivity contribution in [2.45, 2.75) is 56.0 Å². The summed E-state index contributed by atoms with van der Waals surface area (Å²) in [6, 6.07) is 0. The van der Waals surface area contributed by atoms with Crippen LogP contribution >= 0.6 is 27.7 Å². The molecule has 1 amide bonds. The summed E-state index contributed by atoms with van der Waals surface area (Å²) in [6.07, 6.45) is 2.49. The second-order valence-electron chi connectivity index (χ2n) is 8.20. The topological polar surface area (TPSA) is 102 Å². The van der Waals surface area contributed by atoms with Crippen molar-refractivity contribution in [3.05, 3.63) is 28.8 Å². The van der Waals surface area contributed by atoms with Gasteiger partial charge in [0, 0.05) is 31.5 Å². The highest BCUT2D eigenvalue weighted by Gasteiger charge is 2.63. The van der Waals surface area contributed by atoms with Gasteiger partial charge in [-0.1, -0.05) is 29.8 Å². The molecule has 28 heavy (non-hydrogen) atoms. The lowest BCUT2D eigenvalue weighted by Crippen LogP contribution is -2.68. The summed E-state index contributed by atoms with van der Waals surface area (Å²) in [7, 11) is 0. The maximum Gasteiger partial charge on any atom is 0.353 e. The number of β-lactam (4-membered cyclic amide) rings is 1. The summed E-state index contributed by atoms with van der Waals surface area (Å²) < 4.78 is 6.57. The van der Waals surface area contributed by atoms with Crippen molar-refractivity contribution in [2.24, 2.45) is 5.41 Å². The molecule has 150 valence electrons. The molecule has 0 radical (unpaired) electrons. The van der Waals surface area contributed by atoms with Crippen molar-refractivity contribution in [3.63, 3.8) is 0 Å². The van der Waals surface area contributed by atoms with E-state index >= 15 is 0 Å². The second-order valence-corrected chi connectivity index (χ2v) is 10.6. The molecule has 1 saturated heterocycles. The smallest absolute Gasteiger partial charge is 0.353 e. The van der Waals surface area contributed by atoms with Crippen molar-refractivity contribution in [3.8, 4) is 0 Å². The van der Waals surface area contributed by atoms with E-state index in [0.717, 1.165) is 6.54 Å². The van der Waals surface area contributed by atoms with Crippen LogP contribution in [0.4, 0.5) is 0 Å². The van der Waals surface area contributed by atoms with Gasteiger partial charge in [-0.15, -0.1) is 11.8 Å². The molecule has 0 aliphatic carbocycles. The largest absolute Gasteiger partial charge is 0.477 e. The minimum absolute atomic E-state index is 0.0101. The second kappa shape index (κ2) is 6.35. The number of halogens is 1. The number of esters is 1. The van der Waals surface area contributed by atoms with E-state index in [-0.39, 0.29) is 28.4 Å². The molecule has 1 aromatic rings. The fraction of sp³-hybridized carbons (Fsp3) is 0.556. The molecule has 8 nitrogen and oxygen atoms in total. The molecule has 1 N–H and O–H groups in total. The van der Waals surface area contributed by atoms with Gasteiger partial charge in [0.2, 0.25) is 5.91 Å². The number of aromatic nitrogens is 2. The molecule has 0 bridgehead atoms. The van der Waals surface area contributed by atoms with E-state index < -0.39 is 16.4 Å². The average molecular weight is 470 g/mol. The molecule has 1 fully saturated rings. The molecule has 0 aromatic carbocycles. The first-order valence-electron chi connectivity index (χ1n) is 8.86. The molecule has 4 rings (SSSR count). The van der Waals surface area contributed by atoms with Crippen LogP contribution in [0.2, 0.25) is 0 Å². The van der Waals surface area contributed by atoms with Gasteiger partial charge in [0.05, 0.1) is 5.69 Å². The number of ether oxygens (including phenoxy) is 1. The van der Waals surface area contributed by atoms with Gasteiger partial charge in [0.1, 0.15) is 21.2 Å². The van der Waals surface area contributed by atoms with E-state index in [1.54, 1.807) is 0 Å². The third kappa shape index (κ3) is 2.97. The number of carboxylic acid groups (broad SMARTS) is 1. The van der Waals surface area contributed by atoms with Crippen molar-refractivity contribution in [1.82, 2.24) is 14.5 Å². The normalized spacial score (nSPS) is 30.2. The number of hydrogen-bond donors (Lipinski definition) is 1. The minimum atomic E-state index is -1.11. The SMILES string of the molecule is CC(=O)OC1CC(C)(C)Cn2cc(CC3(Br)C(=O)N4C(C(=O)O)=CS[C@@H]43)nc21. The van der Waals surface area contributed by atoms with Crippen molar-refractivity contribution < 1.29 is 24.2 Å². The number of carbonyl (C=O) groups is 3. The number of hydrogen-bond acceptors (Lipinski definition) is 6. The van der Waals surface area contributed by atoms with E-state index in [2.05, 4.69) is 34.8 Å². The number of nitrogens with zero attached hydrogens (tertiary/aromatic N) is 3. The average Bonchev–Trinajstić information content (AvgIpc) is 3.15. The van der Waals surface area contributed by atoms with Gasteiger partial charge in [0.25, 0.3) is 0 Å². The van der Waals surface area contributed by atoms with Crippen LogP contribution in [0, 0.1) is 5.41 Å². The molecule has 3 atom stereocenters. The Labute approximate surface area is 174 Å². The first-order valence-corrected chi connectivity index (χ1v) is 10.6. The van der Waals surface area contributed by atoms with Crippen LogP contribution in [-0.2, 0) is 32.1 Å². The van der Waals surface area contributed by atoms with E-state index in [9.17, 15) is 19.5 Å². The number of rotatable bonds is 4. The van der Waals surface area contributed by atoms with Crippen LogP contribution in [0.25, 0.3) is 0 Å². The van der Waals surface area contributed by atoms with E-state index in [1.165, 1.54) is 29.0 Å². The van der Waals surface area contributed by atoms with Crippen LogP contribution < -0.4 is 0 Å². The fourth-order valence-corrected chi connectivity index (χ4v) is 6.30. The Morgan fingerprint density at radius 1 is 1.46 bits per heavy atom. The fourth-order valence-electron chi connectivity index (χ4n) is 4.09. The number of aliphatic carboxylic acids is 1. The molecule has 1 aromatic heterocycles. The van der Waals surface area contributed by atoms with Gasteiger partial charge in [0.15, 0.2) is 6.10 Å². The molecular weight excluding hydrogens is 450 g/mol. The molecule has 0 spiro atoms. The van der Waals surface area contributed by atoms with Gasteiger partial charge in [-0.3, -0.25) is 14.5 Å². The number of alkyl halides is 1. The monoisotopic (exact) mass is 469 g/mol. The van der Waals surface area contributed by atoms with Gasteiger partial charge in [-0.05, 0) is 11.8 Å². The first kappa shape index (κ1) is 19.5. The van der Waals surface area contributed by atoms with Crippen LogP contribution in [0.15, 0.2) is 17.3 Å². The van der Waals surface area contributed by atoms with E-state index in [0.29, 0.717) is 24.4 Å². The molecule has 4 heterocycles. The first-order chi connectivity index (χ1) is 13.0.